The molecule has 0 N–H and O–H groups in total. The van der Waals surface area contributed by atoms with Crippen LogP contribution in [0.3, 0.4) is 0 Å². The van der Waals surface area contributed by atoms with Crippen molar-refractivity contribution < 1.29 is 8.83 Å². The van der Waals surface area contributed by atoms with Crippen molar-refractivity contribution in [3.8, 4) is 100 Å². The summed E-state index contributed by atoms with van der Waals surface area (Å²) < 4.78 is 18.2. The number of hydrogen-bond donors (Lipinski definition) is 0. The largest absolute Gasteiger partial charge is 0.455 e. The van der Waals surface area contributed by atoms with Crippen LogP contribution in [0.4, 0.5) is 34.1 Å². The molecule has 6 nitrogen and oxygen atoms in total. The van der Waals surface area contributed by atoms with E-state index < -0.39 is 0 Å². The number of nitrogens with zero attached hydrogens (tertiary/aromatic N) is 4. The molecule has 24 aromatic rings. The number of furan rings is 2. The summed E-state index contributed by atoms with van der Waals surface area (Å²) in [5.41, 5.74) is 35.5. The summed E-state index contributed by atoms with van der Waals surface area (Å²) in [7, 11) is 0. The summed E-state index contributed by atoms with van der Waals surface area (Å²) in [4.78, 5) is 4.68. The molecule has 0 fully saturated rings. The van der Waals surface area contributed by atoms with Crippen LogP contribution in [0.25, 0.3) is 188 Å². The van der Waals surface area contributed by atoms with E-state index in [1.54, 1.807) is 0 Å². The van der Waals surface area contributed by atoms with E-state index in [0.29, 0.717) is 0 Å². The summed E-state index contributed by atoms with van der Waals surface area (Å²) >= 11 is 0. The maximum atomic E-state index is 6.72. The first-order valence-electron chi connectivity index (χ1n) is 43.0. The zero-order chi connectivity index (χ0) is 83.4. The van der Waals surface area contributed by atoms with Gasteiger partial charge in [0, 0.05) is 99.7 Å². The Bertz CT molecular complexity index is 7940. The molecule has 20 aromatic carbocycles. The molecular formula is C120H80N4O2. The fraction of sp³-hybridized carbons (Fsp3) is 0. The number of rotatable bonds is 16. The van der Waals surface area contributed by atoms with Gasteiger partial charge in [-0.05, 0) is 242 Å². The zero-order valence-corrected chi connectivity index (χ0v) is 68.8. The lowest BCUT2D eigenvalue weighted by atomic mass is 9.94. The van der Waals surface area contributed by atoms with Gasteiger partial charge in [-0.2, -0.15) is 0 Å². The molecule has 0 saturated heterocycles. The summed E-state index contributed by atoms with van der Waals surface area (Å²) in [6.45, 7) is 0. The van der Waals surface area contributed by atoms with Crippen LogP contribution < -0.4 is 9.80 Å². The highest BCUT2D eigenvalue weighted by Gasteiger charge is 2.24. The zero-order valence-electron chi connectivity index (χ0n) is 68.8. The Morgan fingerprint density at radius 1 is 0.151 bits per heavy atom. The van der Waals surface area contributed by atoms with Gasteiger partial charge in [-0.3, -0.25) is 0 Å². The van der Waals surface area contributed by atoms with Crippen LogP contribution in [0.5, 0.6) is 0 Å². The van der Waals surface area contributed by atoms with Gasteiger partial charge in [-0.1, -0.05) is 322 Å². The first kappa shape index (κ1) is 74.3. The fourth-order valence-electron chi connectivity index (χ4n) is 18.6. The Morgan fingerprint density at radius 2 is 0.397 bits per heavy atom. The molecule has 0 aliphatic rings. The summed E-state index contributed by atoms with van der Waals surface area (Å²) in [5, 5.41) is 9.31. The topological polar surface area (TPSA) is 42.6 Å². The minimum Gasteiger partial charge on any atom is -0.455 e. The Morgan fingerprint density at radius 3 is 0.762 bits per heavy atom. The molecular weight excluding hydrogens is 1530 g/mol. The smallest absolute Gasteiger partial charge is 0.143 e. The third-order valence-corrected chi connectivity index (χ3v) is 24.8. The predicted octanol–water partition coefficient (Wildman–Crippen LogP) is 33.6. The highest BCUT2D eigenvalue weighted by molar-refractivity contribution is 6.17. The van der Waals surface area contributed by atoms with Gasteiger partial charge < -0.3 is 27.8 Å². The Balaban J connectivity index is 0.000000145. The van der Waals surface area contributed by atoms with E-state index >= 15 is 0 Å². The van der Waals surface area contributed by atoms with Crippen molar-refractivity contribution in [3.05, 3.63) is 485 Å². The molecule has 0 saturated carbocycles. The van der Waals surface area contributed by atoms with Crippen molar-refractivity contribution in [1.82, 2.24) is 9.13 Å². The summed E-state index contributed by atoms with van der Waals surface area (Å²) in [5.74, 6) is 0. The normalized spacial score (nSPS) is 11.5. The molecule has 6 heteroatoms. The van der Waals surface area contributed by atoms with Crippen molar-refractivity contribution in [2.45, 2.75) is 0 Å². The number of fused-ring (bicyclic) bond motifs is 12. The highest BCUT2D eigenvalue weighted by Crippen LogP contribution is 2.48. The molecule has 0 radical (unpaired) electrons. The number of hydrogen-bond acceptors (Lipinski definition) is 4. The quantitative estimate of drug-likeness (QED) is 0.0967. The number of aromatic nitrogens is 2. The first-order chi connectivity index (χ1) is 62.5. The van der Waals surface area contributed by atoms with Crippen LogP contribution in [0.1, 0.15) is 0 Å². The molecule has 0 aliphatic heterocycles. The molecule has 4 aromatic heterocycles. The van der Waals surface area contributed by atoms with Crippen LogP contribution in [-0.4, -0.2) is 9.13 Å². The molecule has 24 rings (SSSR count). The second-order valence-electron chi connectivity index (χ2n) is 32.3. The molecule has 0 spiro atoms. The van der Waals surface area contributed by atoms with Crippen LogP contribution >= 0.6 is 0 Å². The van der Waals surface area contributed by atoms with Crippen molar-refractivity contribution in [2.75, 3.05) is 9.80 Å². The summed E-state index contributed by atoms with van der Waals surface area (Å²) in [6.07, 6.45) is 0. The average Bonchev–Trinajstić information content (AvgIpc) is 1.58. The standard InChI is InChI=1S/2C60H40N2O/c1-4-14-41(15-5-1)43-24-31-49(32-25-43)61(50-33-26-44(27-34-50)42-16-6-2-7-17-42)51-35-28-45(29-36-51)47-38-55(60-56(39-47)54-21-11-13-23-59(54)63-60)46-30-37-53-52-20-10-12-22-57(52)62(58(53)40-46)48-18-8-3-9-19-48;1-4-14-41(15-5-1)43-24-31-49(32-25-43)61(50-33-26-44(27-34-50)42-16-6-2-7-17-42)51-35-28-45(29-36-51)47-39-54(60-56(40-47)53-21-11-13-23-59(53)63-60)46-30-37-58-55(38-46)52-20-10-12-22-57(52)62(58)48-18-8-3-9-19-48/h2*1-40H. The molecule has 0 aliphatic carbocycles. The van der Waals surface area contributed by atoms with Crippen molar-refractivity contribution >= 4 is 122 Å². The third-order valence-electron chi connectivity index (χ3n) is 24.8. The van der Waals surface area contributed by atoms with E-state index in [9.17, 15) is 0 Å². The Hall–Kier alpha value is -16.8. The highest BCUT2D eigenvalue weighted by atomic mass is 16.3. The van der Waals surface area contributed by atoms with Gasteiger partial charge in [0.25, 0.3) is 0 Å². The number of anilines is 6. The van der Waals surface area contributed by atoms with Crippen molar-refractivity contribution in [1.29, 1.82) is 0 Å². The number of benzene rings is 20. The van der Waals surface area contributed by atoms with Gasteiger partial charge in [-0.15, -0.1) is 0 Å². The van der Waals surface area contributed by atoms with E-state index in [1.165, 1.54) is 82.6 Å². The minimum atomic E-state index is 0.882. The molecule has 126 heavy (non-hydrogen) atoms. The Kier molecular flexibility index (Phi) is 18.8. The summed E-state index contributed by atoms with van der Waals surface area (Å²) in [6, 6.07) is 174. The second kappa shape index (κ2) is 32.0. The predicted molar refractivity (Wildman–Crippen MR) is 529 cm³/mol. The van der Waals surface area contributed by atoms with Crippen LogP contribution in [-0.2, 0) is 0 Å². The van der Waals surface area contributed by atoms with Crippen LogP contribution in [0.15, 0.2) is 494 Å². The molecule has 0 unspecified atom stereocenters. The van der Waals surface area contributed by atoms with E-state index in [1.807, 2.05) is 12.1 Å². The first-order valence-corrected chi connectivity index (χ1v) is 43.0. The van der Waals surface area contributed by atoms with Gasteiger partial charge in [-0.25, -0.2) is 0 Å². The molecule has 0 amide bonds. The van der Waals surface area contributed by atoms with Crippen molar-refractivity contribution in [2.24, 2.45) is 0 Å². The lowest BCUT2D eigenvalue weighted by Crippen LogP contribution is -2.09. The number of para-hydroxylation sites is 6. The fourth-order valence-corrected chi connectivity index (χ4v) is 18.6. The van der Waals surface area contributed by atoms with Gasteiger partial charge in [0.2, 0.25) is 0 Å². The van der Waals surface area contributed by atoms with Crippen LogP contribution in [0.2, 0.25) is 0 Å². The molecule has 0 bridgehead atoms. The van der Waals surface area contributed by atoms with E-state index in [0.717, 1.165) is 139 Å². The lowest BCUT2D eigenvalue weighted by molar-refractivity contribution is 0.669. The SMILES string of the molecule is c1ccc(-c2ccc(N(c3ccc(-c4ccccc4)cc3)c3ccc(-c4cc(-c5ccc6c(c5)c5ccccc5n6-c5ccccc5)c5oc6ccccc6c5c4)cc3)cc2)cc1.c1ccc(-c2ccc(N(c3ccc(-c4ccccc4)cc3)c3ccc(-c4cc(-c5ccc6c7ccccc7n(-c7ccccc7)c6c5)c5oc6ccccc6c5c4)cc3)cc2)cc1. The van der Waals surface area contributed by atoms with Gasteiger partial charge in [0.1, 0.15) is 22.3 Å². The van der Waals surface area contributed by atoms with Gasteiger partial charge in [0.15, 0.2) is 0 Å². The van der Waals surface area contributed by atoms with Crippen LogP contribution in [0, 0.1) is 0 Å². The molecule has 0 atom stereocenters. The van der Waals surface area contributed by atoms with Crippen molar-refractivity contribution in [3.63, 3.8) is 0 Å². The molecule has 4 heterocycles. The van der Waals surface area contributed by atoms with E-state index in [2.05, 4.69) is 492 Å². The monoisotopic (exact) mass is 1610 g/mol. The second-order valence-corrected chi connectivity index (χ2v) is 32.3. The third kappa shape index (κ3) is 13.7. The van der Waals surface area contributed by atoms with Gasteiger partial charge >= 0.3 is 0 Å². The minimum absolute atomic E-state index is 0.882. The van der Waals surface area contributed by atoms with E-state index in [4.69, 9.17) is 8.83 Å². The molecule has 592 valence electrons. The van der Waals surface area contributed by atoms with Gasteiger partial charge in [0.05, 0.1) is 22.1 Å². The van der Waals surface area contributed by atoms with E-state index in [-0.39, 0.29) is 0 Å². The average molecular weight is 1610 g/mol. The Labute approximate surface area is 730 Å². The maximum absolute atomic E-state index is 6.72. The maximum Gasteiger partial charge on any atom is 0.143 e. The lowest BCUT2D eigenvalue weighted by Gasteiger charge is -2.26.